The molecule has 0 aliphatic rings. The Morgan fingerprint density at radius 3 is 2.79 bits per heavy atom. The van der Waals surface area contributed by atoms with E-state index in [0.29, 0.717) is 5.57 Å². The standard InChI is InChI=1S/C8H8ClN3O2/c1-4(2)7-8(12(13)14)5(10)3-6(9)11-7/h3H,1H2,2H3,(H2,10,11). The van der Waals surface area contributed by atoms with E-state index in [2.05, 4.69) is 11.6 Å². The van der Waals surface area contributed by atoms with Crippen LogP contribution in [-0.4, -0.2) is 9.91 Å². The van der Waals surface area contributed by atoms with E-state index < -0.39 is 4.92 Å². The van der Waals surface area contributed by atoms with E-state index in [1.807, 2.05) is 0 Å². The van der Waals surface area contributed by atoms with Gasteiger partial charge in [0.1, 0.15) is 16.5 Å². The van der Waals surface area contributed by atoms with Crippen LogP contribution in [0.3, 0.4) is 0 Å². The van der Waals surface area contributed by atoms with Crippen molar-refractivity contribution in [2.45, 2.75) is 6.92 Å². The first-order chi connectivity index (χ1) is 6.43. The third-order valence-corrected chi connectivity index (χ3v) is 1.77. The molecule has 0 fully saturated rings. The van der Waals surface area contributed by atoms with Gasteiger partial charge in [-0.15, -0.1) is 0 Å². The number of allylic oxidation sites excluding steroid dienone is 1. The van der Waals surface area contributed by atoms with Crippen LogP contribution in [0.15, 0.2) is 12.6 Å². The largest absolute Gasteiger partial charge is 0.393 e. The third kappa shape index (κ3) is 1.82. The molecule has 2 N–H and O–H groups in total. The van der Waals surface area contributed by atoms with Crippen molar-refractivity contribution >= 4 is 28.5 Å². The molecule has 0 radical (unpaired) electrons. The summed E-state index contributed by atoms with van der Waals surface area (Å²) in [5, 5.41) is 10.8. The Hall–Kier alpha value is -1.62. The van der Waals surface area contributed by atoms with Crippen molar-refractivity contribution in [3.63, 3.8) is 0 Å². The van der Waals surface area contributed by atoms with Gasteiger partial charge in [-0.1, -0.05) is 18.2 Å². The Labute approximate surface area is 85.4 Å². The SMILES string of the molecule is C=C(C)c1nc(Cl)cc(N)c1[N+](=O)[O-]. The first-order valence-corrected chi connectivity index (χ1v) is 4.07. The average Bonchev–Trinajstić information content (AvgIpc) is 2.01. The summed E-state index contributed by atoms with van der Waals surface area (Å²) in [6.45, 7) is 5.17. The number of nitrogens with zero attached hydrogens (tertiary/aromatic N) is 2. The van der Waals surface area contributed by atoms with Crippen LogP contribution in [0.4, 0.5) is 11.4 Å². The van der Waals surface area contributed by atoms with Crippen LogP contribution in [0.1, 0.15) is 12.6 Å². The lowest BCUT2D eigenvalue weighted by molar-refractivity contribution is -0.384. The monoisotopic (exact) mass is 213 g/mol. The number of aromatic nitrogens is 1. The van der Waals surface area contributed by atoms with Gasteiger partial charge in [-0.25, -0.2) is 4.98 Å². The van der Waals surface area contributed by atoms with Crippen LogP contribution in [-0.2, 0) is 0 Å². The minimum Gasteiger partial charge on any atom is -0.393 e. The summed E-state index contributed by atoms with van der Waals surface area (Å²) in [6, 6.07) is 1.24. The van der Waals surface area contributed by atoms with Gasteiger partial charge in [-0.3, -0.25) is 10.1 Å². The fourth-order valence-corrected chi connectivity index (χ4v) is 1.22. The van der Waals surface area contributed by atoms with Gasteiger partial charge in [0.2, 0.25) is 0 Å². The molecule has 0 bridgehead atoms. The van der Waals surface area contributed by atoms with Gasteiger partial charge >= 0.3 is 5.69 Å². The Bertz CT molecular complexity index is 417. The molecule has 6 heteroatoms. The summed E-state index contributed by atoms with van der Waals surface area (Å²) >= 11 is 5.62. The Morgan fingerprint density at radius 1 is 1.79 bits per heavy atom. The molecule has 74 valence electrons. The fraction of sp³-hybridized carbons (Fsp3) is 0.125. The van der Waals surface area contributed by atoms with Gasteiger partial charge in [-0.05, 0) is 12.5 Å². The maximum absolute atomic E-state index is 10.7. The maximum atomic E-state index is 10.7. The van der Waals surface area contributed by atoms with Gasteiger partial charge in [0, 0.05) is 6.07 Å². The molecule has 0 unspecified atom stereocenters. The third-order valence-electron chi connectivity index (χ3n) is 1.58. The Balaban J connectivity index is 3.52. The van der Waals surface area contributed by atoms with E-state index >= 15 is 0 Å². The first kappa shape index (κ1) is 10.5. The number of anilines is 1. The number of hydrogen-bond donors (Lipinski definition) is 1. The minimum atomic E-state index is -0.595. The average molecular weight is 214 g/mol. The van der Waals surface area contributed by atoms with E-state index in [9.17, 15) is 10.1 Å². The van der Waals surface area contributed by atoms with E-state index in [-0.39, 0.29) is 22.2 Å². The molecule has 0 spiro atoms. The van der Waals surface area contributed by atoms with Crippen molar-refractivity contribution in [1.82, 2.24) is 4.98 Å². The predicted octanol–water partition coefficient (Wildman–Crippen LogP) is 2.26. The second-order valence-electron chi connectivity index (χ2n) is 2.77. The topological polar surface area (TPSA) is 82.0 Å². The predicted molar refractivity (Wildman–Crippen MR) is 55.0 cm³/mol. The van der Waals surface area contributed by atoms with Crippen molar-refractivity contribution in [3.05, 3.63) is 33.6 Å². The highest BCUT2D eigenvalue weighted by Gasteiger charge is 2.20. The zero-order valence-corrected chi connectivity index (χ0v) is 8.21. The Morgan fingerprint density at radius 2 is 2.36 bits per heavy atom. The number of nitro groups is 1. The van der Waals surface area contributed by atoms with Crippen molar-refractivity contribution in [2.24, 2.45) is 0 Å². The number of nitrogens with two attached hydrogens (primary N) is 1. The van der Waals surface area contributed by atoms with Crippen LogP contribution < -0.4 is 5.73 Å². The molecule has 0 atom stereocenters. The van der Waals surface area contributed by atoms with Crippen molar-refractivity contribution in [2.75, 3.05) is 5.73 Å². The van der Waals surface area contributed by atoms with E-state index in [0.717, 1.165) is 0 Å². The highest BCUT2D eigenvalue weighted by Crippen LogP contribution is 2.30. The van der Waals surface area contributed by atoms with E-state index in [1.54, 1.807) is 6.92 Å². The van der Waals surface area contributed by atoms with Gasteiger partial charge in [0.25, 0.3) is 0 Å². The molecule has 0 saturated heterocycles. The molecule has 1 aromatic heterocycles. The summed E-state index contributed by atoms with van der Waals surface area (Å²) in [5.41, 5.74) is 5.77. The molecule has 0 aliphatic heterocycles. The number of halogens is 1. The number of rotatable bonds is 2. The second-order valence-corrected chi connectivity index (χ2v) is 3.16. The summed E-state index contributed by atoms with van der Waals surface area (Å²) < 4.78 is 0. The van der Waals surface area contributed by atoms with E-state index in [1.165, 1.54) is 6.07 Å². The van der Waals surface area contributed by atoms with Crippen LogP contribution >= 0.6 is 11.6 Å². The van der Waals surface area contributed by atoms with Gasteiger partial charge in [0.15, 0.2) is 0 Å². The Kier molecular flexibility index (Phi) is 2.71. The summed E-state index contributed by atoms with van der Waals surface area (Å²) in [7, 11) is 0. The maximum Gasteiger partial charge on any atom is 0.317 e. The quantitative estimate of drug-likeness (QED) is 0.464. The lowest BCUT2D eigenvalue weighted by atomic mass is 10.1. The lowest BCUT2D eigenvalue weighted by Crippen LogP contribution is -2.02. The molecule has 0 aliphatic carbocycles. The van der Waals surface area contributed by atoms with Gasteiger partial charge in [-0.2, -0.15) is 0 Å². The molecule has 0 saturated carbocycles. The molecular weight excluding hydrogens is 206 g/mol. The molecule has 1 rings (SSSR count). The summed E-state index contributed by atoms with van der Waals surface area (Å²) in [5.74, 6) is 0. The molecule has 1 aromatic rings. The van der Waals surface area contributed by atoms with E-state index in [4.69, 9.17) is 17.3 Å². The van der Waals surface area contributed by atoms with Crippen molar-refractivity contribution in [3.8, 4) is 0 Å². The highest BCUT2D eigenvalue weighted by atomic mass is 35.5. The van der Waals surface area contributed by atoms with Crippen LogP contribution in [0.25, 0.3) is 5.57 Å². The minimum absolute atomic E-state index is 0.00648. The second kappa shape index (κ2) is 3.63. The molecule has 5 nitrogen and oxygen atoms in total. The molecular formula is C8H8ClN3O2. The molecule has 0 aromatic carbocycles. The van der Waals surface area contributed by atoms with Crippen molar-refractivity contribution < 1.29 is 4.92 Å². The van der Waals surface area contributed by atoms with Crippen LogP contribution in [0.2, 0.25) is 5.15 Å². The van der Waals surface area contributed by atoms with Gasteiger partial charge < -0.3 is 5.73 Å². The summed E-state index contributed by atoms with van der Waals surface area (Å²) in [4.78, 5) is 13.9. The smallest absolute Gasteiger partial charge is 0.317 e. The molecule has 0 amide bonds. The fourth-order valence-electron chi connectivity index (χ4n) is 1.01. The lowest BCUT2D eigenvalue weighted by Gasteiger charge is -2.03. The molecule has 1 heterocycles. The number of nitrogen functional groups attached to an aromatic ring is 1. The number of hydrogen-bond acceptors (Lipinski definition) is 4. The zero-order valence-electron chi connectivity index (χ0n) is 7.45. The number of pyridine rings is 1. The van der Waals surface area contributed by atoms with Crippen LogP contribution in [0.5, 0.6) is 0 Å². The van der Waals surface area contributed by atoms with Crippen molar-refractivity contribution in [1.29, 1.82) is 0 Å². The highest BCUT2D eigenvalue weighted by molar-refractivity contribution is 6.29. The van der Waals surface area contributed by atoms with Crippen LogP contribution in [0, 0.1) is 10.1 Å². The van der Waals surface area contributed by atoms with Gasteiger partial charge in [0.05, 0.1) is 4.92 Å². The molecule has 14 heavy (non-hydrogen) atoms. The zero-order chi connectivity index (χ0) is 10.9. The normalized spacial score (nSPS) is 9.86. The summed E-state index contributed by atoms with van der Waals surface area (Å²) in [6.07, 6.45) is 0. The first-order valence-electron chi connectivity index (χ1n) is 3.69.